The Morgan fingerprint density at radius 2 is 2.00 bits per heavy atom. The quantitative estimate of drug-likeness (QED) is 0.543. The lowest BCUT2D eigenvalue weighted by molar-refractivity contribution is -0.670. The van der Waals surface area contributed by atoms with Crippen molar-refractivity contribution in [2.24, 2.45) is 7.05 Å². The smallest absolute Gasteiger partial charge is 0.194 e. The lowest BCUT2D eigenvalue weighted by Crippen LogP contribution is -2.25. The number of aromatic nitrogens is 4. The summed E-state index contributed by atoms with van der Waals surface area (Å²) in [7, 11) is 2.00. The molecule has 0 aliphatic heterocycles. The second kappa shape index (κ2) is 4.38. The lowest BCUT2D eigenvalue weighted by atomic mass is 10.1. The molecule has 0 radical (unpaired) electrons. The lowest BCUT2D eigenvalue weighted by Gasteiger charge is -2.03. The zero-order chi connectivity index (χ0) is 14.4. The summed E-state index contributed by atoms with van der Waals surface area (Å²) in [5.41, 5.74) is 5.34. The van der Waals surface area contributed by atoms with Crippen molar-refractivity contribution in [1.29, 1.82) is 0 Å². The van der Waals surface area contributed by atoms with E-state index >= 15 is 0 Å². The zero-order valence-electron chi connectivity index (χ0n) is 12.0. The molecule has 0 spiro atoms. The molecule has 4 nitrogen and oxygen atoms in total. The highest BCUT2D eigenvalue weighted by Crippen LogP contribution is 2.24. The summed E-state index contributed by atoms with van der Waals surface area (Å²) in [6, 6.07) is 10.3. The average Bonchev–Trinajstić information content (AvgIpc) is 2.90. The van der Waals surface area contributed by atoms with Gasteiger partial charge in [-0.2, -0.15) is 0 Å². The molecule has 0 saturated carbocycles. The number of imidazole rings is 1. The highest BCUT2D eigenvalue weighted by atomic mass is 15.0. The van der Waals surface area contributed by atoms with E-state index in [1.807, 2.05) is 48.4 Å². The van der Waals surface area contributed by atoms with Crippen molar-refractivity contribution in [1.82, 2.24) is 15.0 Å². The molecule has 4 aromatic rings. The van der Waals surface area contributed by atoms with Crippen molar-refractivity contribution >= 4 is 21.9 Å². The third-order valence-corrected chi connectivity index (χ3v) is 3.79. The maximum atomic E-state index is 4.67. The second-order valence-corrected chi connectivity index (χ2v) is 5.35. The highest BCUT2D eigenvalue weighted by Gasteiger charge is 2.09. The molecule has 3 heterocycles. The van der Waals surface area contributed by atoms with Crippen LogP contribution in [-0.4, -0.2) is 15.0 Å². The fourth-order valence-electron chi connectivity index (χ4n) is 2.63. The van der Waals surface area contributed by atoms with Crippen LogP contribution in [0.4, 0.5) is 0 Å². The van der Waals surface area contributed by atoms with Crippen LogP contribution < -0.4 is 4.57 Å². The van der Waals surface area contributed by atoms with E-state index < -0.39 is 0 Å². The number of benzene rings is 1. The number of pyridine rings is 2. The molecular formula is C17H15N4+. The number of nitrogens with one attached hydrogen (secondary N) is 1. The minimum Gasteiger partial charge on any atom is -0.333 e. The van der Waals surface area contributed by atoms with Gasteiger partial charge in [0.15, 0.2) is 12.4 Å². The van der Waals surface area contributed by atoms with Crippen LogP contribution in [0.5, 0.6) is 0 Å². The number of aromatic amines is 1. The molecule has 4 rings (SSSR count). The molecule has 0 aliphatic carbocycles. The average molecular weight is 275 g/mol. The van der Waals surface area contributed by atoms with Crippen molar-refractivity contribution < 1.29 is 4.57 Å². The largest absolute Gasteiger partial charge is 0.333 e. The van der Waals surface area contributed by atoms with Crippen molar-refractivity contribution in [2.45, 2.75) is 6.92 Å². The van der Waals surface area contributed by atoms with Crippen molar-refractivity contribution in [2.75, 3.05) is 0 Å². The molecule has 0 saturated heterocycles. The molecule has 102 valence electrons. The molecule has 0 bridgehead atoms. The Labute approximate surface area is 122 Å². The monoisotopic (exact) mass is 275 g/mol. The number of H-pyrrole nitrogens is 1. The first-order valence-electron chi connectivity index (χ1n) is 6.91. The van der Waals surface area contributed by atoms with Crippen LogP contribution in [0.3, 0.4) is 0 Å². The third-order valence-electron chi connectivity index (χ3n) is 3.79. The molecule has 0 unspecified atom stereocenters. The van der Waals surface area contributed by atoms with Crippen LogP contribution in [0, 0.1) is 6.92 Å². The van der Waals surface area contributed by atoms with Crippen LogP contribution in [0.25, 0.3) is 33.3 Å². The van der Waals surface area contributed by atoms with Gasteiger partial charge < -0.3 is 4.98 Å². The molecule has 1 aromatic carbocycles. The second-order valence-electron chi connectivity index (χ2n) is 5.35. The fraction of sp³-hybridized carbons (Fsp3) is 0.118. The van der Waals surface area contributed by atoms with Crippen LogP contribution in [0.2, 0.25) is 0 Å². The van der Waals surface area contributed by atoms with Crippen LogP contribution in [-0.2, 0) is 7.05 Å². The van der Waals surface area contributed by atoms with E-state index in [-0.39, 0.29) is 0 Å². The van der Waals surface area contributed by atoms with Gasteiger partial charge in [0.2, 0.25) is 0 Å². The van der Waals surface area contributed by atoms with Crippen LogP contribution in [0.15, 0.2) is 48.9 Å². The summed E-state index contributed by atoms with van der Waals surface area (Å²) in [6.07, 6.45) is 5.89. The number of rotatable bonds is 1. The third kappa shape index (κ3) is 1.96. The van der Waals surface area contributed by atoms with Crippen molar-refractivity contribution in [3.05, 3.63) is 54.5 Å². The molecule has 21 heavy (non-hydrogen) atoms. The maximum Gasteiger partial charge on any atom is 0.194 e. The minimum atomic E-state index is 0.890. The van der Waals surface area contributed by atoms with Gasteiger partial charge in [0, 0.05) is 23.2 Å². The van der Waals surface area contributed by atoms with Gasteiger partial charge in [-0.25, -0.2) is 9.55 Å². The Balaban J connectivity index is 1.93. The van der Waals surface area contributed by atoms with Crippen molar-refractivity contribution in [3.8, 4) is 11.4 Å². The number of hydrogen-bond acceptors (Lipinski definition) is 2. The first-order valence-corrected chi connectivity index (χ1v) is 6.91. The van der Waals surface area contributed by atoms with Gasteiger partial charge in [-0.3, -0.25) is 4.98 Å². The van der Waals surface area contributed by atoms with E-state index in [1.165, 1.54) is 10.9 Å². The Hall–Kier alpha value is -2.75. The molecule has 0 atom stereocenters. The summed E-state index contributed by atoms with van der Waals surface area (Å²) < 4.78 is 2.01. The Morgan fingerprint density at radius 3 is 2.90 bits per heavy atom. The predicted molar refractivity (Wildman–Crippen MR) is 82.7 cm³/mol. The van der Waals surface area contributed by atoms with E-state index in [4.69, 9.17) is 0 Å². The molecule has 4 heteroatoms. The number of aryl methyl sites for hydroxylation is 2. The Kier molecular flexibility index (Phi) is 2.51. The standard InChI is InChI=1S/C17H14N4/c1-11-5-7-18-14-4-3-12(9-13(11)14)17-19-15-6-8-21(2)10-16(15)20-17/h3-10H,1-2H3/p+1. The normalized spacial score (nSPS) is 11.3. The first kappa shape index (κ1) is 12.0. The first-order chi connectivity index (χ1) is 10.2. The van der Waals surface area contributed by atoms with E-state index in [0.29, 0.717) is 0 Å². The van der Waals surface area contributed by atoms with Gasteiger partial charge >= 0.3 is 0 Å². The van der Waals surface area contributed by atoms with Gasteiger partial charge in [0.25, 0.3) is 0 Å². The SMILES string of the molecule is Cc1ccnc2ccc(-c3nc4cc[n+](C)cc4[nH]3)cc12. The molecule has 0 aliphatic rings. The summed E-state index contributed by atoms with van der Waals surface area (Å²) >= 11 is 0. The van der Waals surface area contributed by atoms with Gasteiger partial charge in [-0.05, 0) is 36.8 Å². The Bertz CT molecular complexity index is 969. The highest BCUT2D eigenvalue weighted by molar-refractivity contribution is 5.87. The van der Waals surface area contributed by atoms with Gasteiger partial charge in [-0.1, -0.05) is 0 Å². The molecule has 3 aromatic heterocycles. The number of fused-ring (bicyclic) bond motifs is 2. The molecule has 0 amide bonds. The number of nitrogens with zero attached hydrogens (tertiary/aromatic N) is 3. The number of hydrogen-bond donors (Lipinski definition) is 1. The molecule has 1 N–H and O–H groups in total. The Morgan fingerprint density at radius 1 is 1.10 bits per heavy atom. The molecule has 0 fully saturated rings. The summed E-state index contributed by atoms with van der Waals surface area (Å²) in [6.45, 7) is 2.10. The predicted octanol–water partition coefficient (Wildman–Crippen LogP) is 2.91. The van der Waals surface area contributed by atoms with Crippen LogP contribution in [0.1, 0.15) is 5.56 Å². The topological polar surface area (TPSA) is 45.5 Å². The molecular weight excluding hydrogens is 260 g/mol. The van der Waals surface area contributed by atoms with Gasteiger partial charge in [0.05, 0.1) is 5.52 Å². The summed E-state index contributed by atoms with van der Waals surface area (Å²) in [4.78, 5) is 12.5. The van der Waals surface area contributed by atoms with E-state index in [0.717, 1.165) is 27.9 Å². The van der Waals surface area contributed by atoms with E-state index in [9.17, 15) is 0 Å². The van der Waals surface area contributed by atoms with Crippen molar-refractivity contribution in [3.63, 3.8) is 0 Å². The summed E-state index contributed by atoms with van der Waals surface area (Å²) in [5, 5.41) is 1.17. The van der Waals surface area contributed by atoms with E-state index in [1.54, 1.807) is 0 Å². The summed E-state index contributed by atoms with van der Waals surface area (Å²) in [5.74, 6) is 0.890. The zero-order valence-corrected chi connectivity index (χ0v) is 12.0. The fourth-order valence-corrected chi connectivity index (χ4v) is 2.63. The van der Waals surface area contributed by atoms with Crippen LogP contribution >= 0.6 is 0 Å². The minimum absolute atomic E-state index is 0.890. The van der Waals surface area contributed by atoms with Gasteiger partial charge in [0.1, 0.15) is 23.9 Å². The maximum absolute atomic E-state index is 4.67. The van der Waals surface area contributed by atoms with E-state index in [2.05, 4.69) is 34.0 Å². The van der Waals surface area contributed by atoms with Gasteiger partial charge in [-0.15, -0.1) is 0 Å².